The smallest absolute Gasteiger partial charge is 0.0735 e. The lowest BCUT2D eigenvalue weighted by Gasteiger charge is -2.24. The standard InChI is InChI=1S/C13H23N3O/c1-4-14-12(13-6-5-10(2)17-13)7-11-8-15-16(3)9-11/h8-10,12-14H,4-7H2,1-3H3. The molecule has 4 nitrogen and oxygen atoms in total. The van der Waals surface area contributed by atoms with Crippen molar-refractivity contribution in [1.82, 2.24) is 15.1 Å². The summed E-state index contributed by atoms with van der Waals surface area (Å²) in [5.74, 6) is 0. The third-order valence-electron chi connectivity index (χ3n) is 3.39. The van der Waals surface area contributed by atoms with E-state index < -0.39 is 0 Å². The summed E-state index contributed by atoms with van der Waals surface area (Å²) in [6.07, 6.45) is 8.14. The zero-order chi connectivity index (χ0) is 12.3. The van der Waals surface area contributed by atoms with Gasteiger partial charge in [0, 0.05) is 19.3 Å². The quantitative estimate of drug-likeness (QED) is 0.843. The molecule has 0 saturated carbocycles. The van der Waals surface area contributed by atoms with Crippen molar-refractivity contribution in [1.29, 1.82) is 0 Å². The highest BCUT2D eigenvalue weighted by molar-refractivity contribution is 5.07. The van der Waals surface area contributed by atoms with Gasteiger partial charge in [0.1, 0.15) is 0 Å². The molecular weight excluding hydrogens is 214 g/mol. The molecule has 0 radical (unpaired) electrons. The molecule has 1 aliphatic heterocycles. The fraction of sp³-hybridized carbons (Fsp3) is 0.769. The predicted octanol–water partition coefficient (Wildman–Crippen LogP) is 1.51. The number of nitrogens with one attached hydrogen (secondary N) is 1. The van der Waals surface area contributed by atoms with Crippen LogP contribution in [0.25, 0.3) is 0 Å². The summed E-state index contributed by atoms with van der Waals surface area (Å²) in [4.78, 5) is 0. The Bertz CT molecular complexity index is 350. The van der Waals surface area contributed by atoms with Crippen molar-refractivity contribution in [2.24, 2.45) is 7.05 Å². The number of rotatable bonds is 5. The van der Waals surface area contributed by atoms with Gasteiger partial charge in [0.05, 0.1) is 18.4 Å². The van der Waals surface area contributed by atoms with Crippen LogP contribution in [0.4, 0.5) is 0 Å². The van der Waals surface area contributed by atoms with E-state index in [0.29, 0.717) is 18.2 Å². The summed E-state index contributed by atoms with van der Waals surface area (Å²) < 4.78 is 7.82. The van der Waals surface area contributed by atoms with Crippen molar-refractivity contribution < 1.29 is 4.74 Å². The van der Waals surface area contributed by atoms with E-state index in [-0.39, 0.29) is 0 Å². The first kappa shape index (κ1) is 12.6. The second kappa shape index (κ2) is 5.65. The average Bonchev–Trinajstić information content (AvgIpc) is 2.87. The molecule has 96 valence electrons. The Balaban J connectivity index is 1.97. The molecule has 0 aromatic carbocycles. The average molecular weight is 237 g/mol. The van der Waals surface area contributed by atoms with Gasteiger partial charge >= 0.3 is 0 Å². The Morgan fingerprint density at radius 2 is 2.41 bits per heavy atom. The van der Waals surface area contributed by atoms with Crippen LogP contribution in [0.1, 0.15) is 32.3 Å². The van der Waals surface area contributed by atoms with E-state index in [9.17, 15) is 0 Å². The number of likely N-dealkylation sites (N-methyl/N-ethyl adjacent to an activating group) is 1. The van der Waals surface area contributed by atoms with Crippen LogP contribution >= 0.6 is 0 Å². The van der Waals surface area contributed by atoms with Crippen LogP contribution in [0, 0.1) is 0 Å². The summed E-state index contributed by atoms with van der Waals surface area (Å²) >= 11 is 0. The van der Waals surface area contributed by atoms with Gasteiger partial charge in [-0.25, -0.2) is 0 Å². The van der Waals surface area contributed by atoms with Gasteiger partial charge in [0.2, 0.25) is 0 Å². The Morgan fingerprint density at radius 3 is 2.94 bits per heavy atom. The van der Waals surface area contributed by atoms with Crippen LogP contribution < -0.4 is 5.32 Å². The predicted molar refractivity (Wildman–Crippen MR) is 67.9 cm³/mol. The van der Waals surface area contributed by atoms with Crippen molar-refractivity contribution in [2.45, 2.75) is 51.4 Å². The number of aryl methyl sites for hydroxylation is 1. The second-order valence-corrected chi connectivity index (χ2v) is 4.95. The summed E-state index contributed by atoms with van der Waals surface area (Å²) in [5.41, 5.74) is 1.28. The van der Waals surface area contributed by atoms with Gasteiger partial charge in [-0.1, -0.05) is 6.92 Å². The summed E-state index contributed by atoms with van der Waals surface area (Å²) in [5, 5.41) is 7.76. The lowest BCUT2D eigenvalue weighted by molar-refractivity contribution is 0.0324. The molecule has 0 spiro atoms. The van der Waals surface area contributed by atoms with Crippen LogP contribution in [0.3, 0.4) is 0 Å². The van der Waals surface area contributed by atoms with E-state index >= 15 is 0 Å². The highest BCUT2D eigenvalue weighted by Crippen LogP contribution is 2.23. The fourth-order valence-electron chi connectivity index (χ4n) is 2.56. The molecule has 2 rings (SSSR count). The molecule has 0 aliphatic carbocycles. The number of aromatic nitrogens is 2. The van der Waals surface area contributed by atoms with Gasteiger partial charge in [-0.15, -0.1) is 0 Å². The molecule has 2 heterocycles. The maximum Gasteiger partial charge on any atom is 0.0735 e. The molecule has 1 aromatic heterocycles. The zero-order valence-corrected chi connectivity index (χ0v) is 11.0. The molecule has 4 heteroatoms. The Labute approximate surface area is 103 Å². The van der Waals surface area contributed by atoms with Gasteiger partial charge in [0.25, 0.3) is 0 Å². The van der Waals surface area contributed by atoms with E-state index in [0.717, 1.165) is 13.0 Å². The normalized spacial score (nSPS) is 26.3. The van der Waals surface area contributed by atoms with E-state index in [4.69, 9.17) is 4.74 Å². The molecule has 1 N–H and O–H groups in total. The number of ether oxygens (including phenoxy) is 1. The van der Waals surface area contributed by atoms with Crippen LogP contribution in [0.2, 0.25) is 0 Å². The lowest BCUT2D eigenvalue weighted by atomic mass is 10.0. The van der Waals surface area contributed by atoms with Crippen LogP contribution in [0.15, 0.2) is 12.4 Å². The van der Waals surface area contributed by atoms with Crippen LogP contribution in [-0.4, -0.2) is 34.6 Å². The lowest BCUT2D eigenvalue weighted by Crippen LogP contribution is -2.41. The Kier molecular flexibility index (Phi) is 4.18. The third kappa shape index (κ3) is 3.30. The molecular formula is C13H23N3O. The highest BCUT2D eigenvalue weighted by atomic mass is 16.5. The maximum absolute atomic E-state index is 5.97. The van der Waals surface area contributed by atoms with Gasteiger partial charge in [0.15, 0.2) is 0 Å². The molecule has 1 aromatic rings. The molecule has 3 unspecified atom stereocenters. The summed E-state index contributed by atoms with van der Waals surface area (Å²) in [7, 11) is 1.96. The number of hydrogen-bond acceptors (Lipinski definition) is 3. The first-order chi connectivity index (χ1) is 8.19. The second-order valence-electron chi connectivity index (χ2n) is 4.95. The fourth-order valence-corrected chi connectivity index (χ4v) is 2.56. The van der Waals surface area contributed by atoms with Gasteiger partial charge < -0.3 is 10.1 Å². The maximum atomic E-state index is 5.97. The minimum absolute atomic E-state index is 0.352. The van der Waals surface area contributed by atoms with Crippen molar-refractivity contribution in [3.8, 4) is 0 Å². The molecule has 17 heavy (non-hydrogen) atoms. The highest BCUT2D eigenvalue weighted by Gasteiger charge is 2.29. The largest absolute Gasteiger partial charge is 0.374 e. The molecule has 1 aliphatic rings. The monoisotopic (exact) mass is 237 g/mol. The van der Waals surface area contributed by atoms with Crippen molar-refractivity contribution in [3.63, 3.8) is 0 Å². The van der Waals surface area contributed by atoms with Crippen molar-refractivity contribution in [3.05, 3.63) is 18.0 Å². The Hall–Kier alpha value is -0.870. The van der Waals surface area contributed by atoms with E-state index in [1.165, 1.54) is 18.4 Å². The van der Waals surface area contributed by atoms with E-state index in [1.807, 2.05) is 17.9 Å². The third-order valence-corrected chi connectivity index (χ3v) is 3.39. The SMILES string of the molecule is CCNC(Cc1cnn(C)c1)C1CCC(C)O1. The van der Waals surface area contributed by atoms with E-state index in [2.05, 4.69) is 30.5 Å². The topological polar surface area (TPSA) is 39.1 Å². The molecule has 3 atom stereocenters. The first-order valence-electron chi connectivity index (χ1n) is 6.55. The van der Waals surface area contributed by atoms with E-state index in [1.54, 1.807) is 0 Å². The van der Waals surface area contributed by atoms with Gasteiger partial charge in [-0.3, -0.25) is 4.68 Å². The first-order valence-corrected chi connectivity index (χ1v) is 6.55. The molecule has 1 fully saturated rings. The summed E-state index contributed by atoms with van der Waals surface area (Å²) in [6.45, 7) is 5.29. The van der Waals surface area contributed by atoms with Crippen molar-refractivity contribution >= 4 is 0 Å². The zero-order valence-electron chi connectivity index (χ0n) is 11.0. The van der Waals surface area contributed by atoms with Crippen LogP contribution in [0.5, 0.6) is 0 Å². The number of nitrogens with zero attached hydrogens (tertiary/aromatic N) is 2. The minimum Gasteiger partial charge on any atom is -0.374 e. The molecule has 0 amide bonds. The van der Waals surface area contributed by atoms with Crippen LogP contribution in [-0.2, 0) is 18.2 Å². The van der Waals surface area contributed by atoms with Gasteiger partial charge in [-0.2, -0.15) is 5.10 Å². The molecule has 0 bridgehead atoms. The number of hydrogen-bond donors (Lipinski definition) is 1. The summed E-state index contributed by atoms with van der Waals surface area (Å²) in [6, 6.07) is 0.411. The van der Waals surface area contributed by atoms with Gasteiger partial charge in [-0.05, 0) is 38.3 Å². The minimum atomic E-state index is 0.352. The molecule has 1 saturated heterocycles. The van der Waals surface area contributed by atoms with Crippen molar-refractivity contribution in [2.75, 3.05) is 6.54 Å². The Morgan fingerprint density at radius 1 is 1.59 bits per heavy atom.